The fourth-order valence-electron chi connectivity index (χ4n) is 0.711. The van der Waals surface area contributed by atoms with E-state index < -0.39 is 17.4 Å². The normalized spacial score (nSPS) is 12.0. The van der Waals surface area contributed by atoms with Gasteiger partial charge >= 0.3 is 66.9 Å². The molecule has 0 amide bonds. The molecule has 0 bridgehead atoms. The maximum absolute atomic E-state index is 5.36. The van der Waals surface area contributed by atoms with Gasteiger partial charge in [0.2, 0.25) is 0 Å². The summed E-state index contributed by atoms with van der Waals surface area (Å²) in [7, 11) is 3.44. The number of nitrogens with two attached hydrogens (primary N) is 1. The molecule has 3 nitrogen and oxygen atoms in total. The molecule has 0 aliphatic carbocycles. The minimum absolute atomic E-state index is 0.730. The molecule has 0 spiro atoms. The Kier molecular flexibility index (Phi) is 5.58. The van der Waals surface area contributed by atoms with Crippen molar-refractivity contribution in [2.45, 2.75) is 16.4 Å². The van der Waals surface area contributed by atoms with Crippen molar-refractivity contribution in [1.29, 1.82) is 0 Å². The van der Waals surface area contributed by atoms with E-state index in [9.17, 15) is 0 Å². The van der Waals surface area contributed by atoms with Gasteiger partial charge in [-0.25, -0.2) is 0 Å². The van der Waals surface area contributed by atoms with E-state index in [2.05, 4.69) is 5.23 Å². The average Bonchev–Trinajstić information content (AvgIpc) is 2.00. The van der Waals surface area contributed by atoms with Crippen molar-refractivity contribution in [3.63, 3.8) is 0 Å². The summed E-state index contributed by atoms with van der Waals surface area (Å²) in [4.78, 5) is 0. The molecule has 0 atom stereocenters. The zero-order valence-corrected chi connectivity index (χ0v) is 8.58. The van der Waals surface area contributed by atoms with Crippen LogP contribution in [0.2, 0.25) is 9.95 Å². The van der Waals surface area contributed by atoms with Crippen molar-refractivity contribution < 1.29 is 24.0 Å². The van der Waals surface area contributed by atoms with E-state index in [4.69, 9.17) is 12.4 Å². The van der Waals surface area contributed by atoms with Crippen LogP contribution in [0.1, 0.15) is 6.42 Å². The Morgan fingerprint density at radius 3 is 2.10 bits per heavy atom. The molecule has 2 N–H and O–H groups in total. The van der Waals surface area contributed by atoms with Crippen LogP contribution in [0.5, 0.6) is 0 Å². The van der Waals surface area contributed by atoms with Crippen LogP contribution in [0.3, 0.4) is 0 Å². The Labute approximate surface area is 67.2 Å². The molecule has 0 radical (unpaired) electrons. The molecule has 0 aromatic carbocycles. The molecule has 4 heteroatoms. The predicted octanol–water partition coefficient (Wildman–Crippen LogP) is 1.08. The predicted molar refractivity (Wildman–Crippen MR) is 38.4 cm³/mol. The first-order valence-electron chi connectivity index (χ1n) is 3.49. The van der Waals surface area contributed by atoms with Crippen LogP contribution in [-0.4, -0.2) is 20.8 Å². The Hall–Kier alpha value is 0.594. The summed E-state index contributed by atoms with van der Waals surface area (Å²) in [5.74, 6) is 0. The second kappa shape index (κ2) is 5.27. The van der Waals surface area contributed by atoms with Gasteiger partial charge in [-0.3, -0.25) is 0 Å². The first-order chi connectivity index (χ1) is 4.68. The number of rotatable bonds is 5. The minimum atomic E-state index is -2.27. The topological polar surface area (TPSA) is 44.5 Å². The fourth-order valence-corrected chi connectivity index (χ4v) is 2.93. The molecular formula is C6H17NO2Ti. The van der Waals surface area contributed by atoms with Crippen LogP contribution in [-0.2, 0) is 24.0 Å². The zero-order valence-electron chi connectivity index (χ0n) is 7.02. The molecule has 0 aromatic rings. The van der Waals surface area contributed by atoms with Gasteiger partial charge in [-0.1, -0.05) is 0 Å². The van der Waals surface area contributed by atoms with Crippen LogP contribution < -0.4 is 5.73 Å². The molecule has 0 unspecified atom stereocenters. The van der Waals surface area contributed by atoms with E-state index >= 15 is 0 Å². The first kappa shape index (κ1) is 10.6. The molecule has 0 aliphatic heterocycles. The average molecular weight is 183 g/mol. The van der Waals surface area contributed by atoms with Crippen molar-refractivity contribution in [3.05, 3.63) is 0 Å². The Morgan fingerprint density at radius 2 is 1.80 bits per heavy atom. The summed E-state index contributed by atoms with van der Waals surface area (Å²) >= 11 is -2.27. The molecule has 0 rings (SSSR count). The van der Waals surface area contributed by atoms with Gasteiger partial charge in [-0.2, -0.15) is 0 Å². The maximum atomic E-state index is 5.36. The summed E-state index contributed by atoms with van der Waals surface area (Å²) < 4.78 is 11.6. The van der Waals surface area contributed by atoms with Gasteiger partial charge in [0, 0.05) is 0 Å². The van der Waals surface area contributed by atoms with Crippen molar-refractivity contribution in [1.82, 2.24) is 0 Å². The molecule has 0 heterocycles. The summed E-state index contributed by atoms with van der Waals surface area (Å²) in [5.41, 5.74) is 5.36. The van der Waals surface area contributed by atoms with E-state index in [1.807, 2.05) is 0 Å². The second-order valence-corrected chi connectivity index (χ2v) is 8.03. The van der Waals surface area contributed by atoms with Crippen molar-refractivity contribution >= 4 is 0 Å². The summed E-state index contributed by atoms with van der Waals surface area (Å²) in [5, 5.41) is 2.09. The van der Waals surface area contributed by atoms with E-state index in [0.29, 0.717) is 0 Å². The standard InChI is InChI=1S/C3H8N.2CH3O.CH3.Ti/c1-2-3-4;2*1-2;;/h1-4H2;2*1H3;1H3;/q;2*-1;;+2. The molecule has 62 valence electrons. The Bertz CT molecular complexity index is 85.8. The molecule has 0 saturated carbocycles. The monoisotopic (exact) mass is 183 g/mol. The summed E-state index contributed by atoms with van der Waals surface area (Å²) in [6.45, 7) is 0.730. The molecule has 10 heavy (non-hydrogen) atoms. The zero-order chi connectivity index (χ0) is 8.04. The van der Waals surface area contributed by atoms with E-state index in [1.165, 1.54) is 0 Å². The quantitative estimate of drug-likeness (QED) is 0.648. The SMILES string of the molecule is C[O][Ti]([CH3])([CH2]CCN)[O]C. The van der Waals surface area contributed by atoms with Crippen molar-refractivity contribution in [2.75, 3.05) is 20.8 Å². The van der Waals surface area contributed by atoms with E-state index in [1.54, 1.807) is 14.2 Å². The summed E-state index contributed by atoms with van der Waals surface area (Å²) in [6.07, 6.45) is 1.01. The number of hydrogen-bond donors (Lipinski definition) is 1. The van der Waals surface area contributed by atoms with Crippen LogP contribution in [0.25, 0.3) is 0 Å². The van der Waals surface area contributed by atoms with Crippen LogP contribution in [0.15, 0.2) is 0 Å². The molecule has 0 aromatic heterocycles. The molecular weight excluding hydrogens is 166 g/mol. The fraction of sp³-hybridized carbons (Fsp3) is 1.00. The second-order valence-electron chi connectivity index (χ2n) is 2.43. The van der Waals surface area contributed by atoms with Gasteiger partial charge in [0.05, 0.1) is 0 Å². The molecule has 0 saturated heterocycles. The first-order valence-corrected chi connectivity index (χ1v) is 7.43. The van der Waals surface area contributed by atoms with Crippen LogP contribution in [0, 0.1) is 0 Å². The van der Waals surface area contributed by atoms with Gasteiger partial charge in [0.25, 0.3) is 0 Å². The van der Waals surface area contributed by atoms with Gasteiger partial charge in [0.15, 0.2) is 0 Å². The van der Waals surface area contributed by atoms with Crippen molar-refractivity contribution in [3.8, 4) is 0 Å². The van der Waals surface area contributed by atoms with Crippen molar-refractivity contribution in [2.24, 2.45) is 5.73 Å². The van der Waals surface area contributed by atoms with E-state index in [0.717, 1.165) is 17.7 Å². The third-order valence-corrected chi connectivity index (χ3v) is 6.37. The summed E-state index contributed by atoms with van der Waals surface area (Å²) in [6, 6.07) is 0. The number of hydrogen-bond acceptors (Lipinski definition) is 3. The van der Waals surface area contributed by atoms with Gasteiger partial charge < -0.3 is 0 Å². The Morgan fingerprint density at radius 1 is 1.30 bits per heavy atom. The Balaban J connectivity index is 3.58. The van der Waals surface area contributed by atoms with Gasteiger partial charge in [0.1, 0.15) is 0 Å². The van der Waals surface area contributed by atoms with Crippen LogP contribution >= 0.6 is 0 Å². The van der Waals surface area contributed by atoms with Gasteiger partial charge in [-0.05, 0) is 0 Å². The van der Waals surface area contributed by atoms with E-state index in [-0.39, 0.29) is 0 Å². The van der Waals surface area contributed by atoms with Crippen LogP contribution in [0.4, 0.5) is 0 Å². The third-order valence-electron chi connectivity index (χ3n) is 1.70. The molecule has 0 aliphatic rings. The third kappa shape index (κ3) is 3.69. The van der Waals surface area contributed by atoms with Gasteiger partial charge in [-0.15, -0.1) is 0 Å². The molecule has 0 fully saturated rings.